The predicted molar refractivity (Wildman–Crippen MR) is 96.2 cm³/mol. The van der Waals surface area contributed by atoms with Crippen LogP contribution in [-0.2, 0) is 7.05 Å². The van der Waals surface area contributed by atoms with Crippen molar-refractivity contribution in [2.24, 2.45) is 18.7 Å². The number of aryl methyl sites for hydroxylation is 1. The molecular formula is C17H28N8O. The summed E-state index contributed by atoms with van der Waals surface area (Å²) in [6, 6.07) is 0.336. The van der Waals surface area contributed by atoms with Gasteiger partial charge in [0, 0.05) is 13.1 Å². The number of carbonyl (C=O) groups is 1. The molecule has 142 valence electrons. The largest absolute Gasteiger partial charge is 0.341 e. The van der Waals surface area contributed by atoms with Crippen LogP contribution in [0.25, 0.3) is 0 Å². The zero-order valence-corrected chi connectivity index (χ0v) is 15.7. The molecule has 2 aromatic heterocycles. The van der Waals surface area contributed by atoms with Crippen molar-refractivity contribution in [3.63, 3.8) is 0 Å². The standard InChI is InChI=1S/C17H28N8O/c1-11(2)8-14(16-19-10-20-24(16)3)21-17(26)15-9-25(23-22-15)13-6-4-12(18)5-7-13/h9-14H,4-8,18H2,1-3H3,(H,21,26)/t12?,13?,14-/m0/s1. The van der Waals surface area contributed by atoms with Crippen molar-refractivity contribution in [2.75, 3.05) is 0 Å². The van der Waals surface area contributed by atoms with Gasteiger partial charge in [-0.05, 0) is 38.0 Å². The highest BCUT2D eigenvalue weighted by Crippen LogP contribution is 2.27. The van der Waals surface area contributed by atoms with Gasteiger partial charge in [-0.25, -0.2) is 9.67 Å². The van der Waals surface area contributed by atoms with E-state index < -0.39 is 0 Å². The lowest BCUT2D eigenvalue weighted by atomic mass is 9.92. The van der Waals surface area contributed by atoms with E-state index in [1.165, 1.54) is 6.33 Å². The lowest BCUT2D eigenvalue weighted by Crippen LogP contribution is -2.31. The monoisotopic (exact) mass is 360 g/mol. The highest BCUT2D eigenvalue weighted by Gasteiger charge is 2.25. The Morgan fingerprint density at radius 3 is 2.69 bits per heavy atom. The van der Waals surface area contributed by atoms with Crippen LogP contribution < -0.4 is 11.1 Å². The molecule has 1 aliphatic rings. The normalized spacial score (nSPS) is 21.7. The number of carbonyl (C=O) groups excluding carboxylic acids is 1. The van der Waals surface area contributed by atoms with Gasteiger partial charge in [0.2, 0.25) is 0 Å². The Labute approximate surface area is 153 Å². The fourth-order valence-corrected chi connectivity index (χ4v) is 3.48. The Morgan fingerprint density at radius 1 is 1.35 bits per heavy atom. The summed E-state index contributed by atoms with van der Waals surface area (Å²) in [5.41, 5.74) is 6.29. The Kier molecular flexibility index (Phi) is 5.65. The van der Waals surface area contributed by atoms with Crippen molar-refractivity contribution < 1.29 is 4.79 Å². The van der Waals surface area contributed by atoms with Crippen molar-refractivity contribution in [2.45, 2.75) is 64.1 Å². The maximum Gasteiger partial charge on any atom is 0.274 e. The fourth-order valence-electron chi connectivity index (χ4n) is 3.48. The molecule has 1 aliphatic carbocycles. The highest BCUT2D eigenvalue weighted by atomic mass is 16.2. The van der Waals surface area contributed by atoms with Crippen LogP contribution in [0, 0.1) is 5.92 Å². The molecule has 26 heavy (non-hydrogen) atoms. The molecule has 0 spiro atoms. The van der Waals surface area contributed by atoms with Crippen molar-refractivity contribution in [3.8, 4) is 0 Å². The van der Waals surface area contributed by atoms with Crippen molar-refractivity contribution >= 4 is 5.91 Å². The van der Waals surface area contributed by atoms with Gasteiger partial charge in [0.05, 0.1) is 18.3 Å². The molecule has 9 nitrogen and oxygen atoms in total. The molecule has 1 saturated carbocycles. The van der Waals surface area contributed by atoms with Gasteiger partial charge in [0.15, 0.2) is 5.69 Å². The van der Waals surface area contributed by atoms with Crippen LogP contribution in [0.15, 0.2) is 12.5 Å². The summed E-state index contributed by atoms with van der Waals surface area (Å²) in [5.74, 6) is 0.900. The molecule has 2 aromatic rings. The Hall–Kier alpha value is -2.29. The SMILES string of the molecule is CC(C)C[C@H](NC(=O)c1cn(C2CCC(N)CC2)nn1)c1ncnn1C. The van der Waals surface area contributed by atoms with Gasteiger partial charge in [0.25, 0.3) is 5.91 Å². The number of aromatic nitrogens is 6. The number of rotatable bonds is 6. The van der Waals surface area contributed by atoms with Crippen LogP contribution in [0.5, 0.6) is 0 Å². The zero-order chi connectivity index (χ0) is 18.7. The first-order valence-corrected chi connectivity index (χ1v) is 9.26. The molecule has 0 aliphatic heterocycles. The van der Waals surface area contributed by atoms with E-state index in [2.05, 4.69) is 39.6 Å². The smallest absolute Gasteiger partial charge is 0.274 e. The van der Waals surface area contributed by atoms with E-state index in [0.717, 1.165) is 37.9 Å². The number of amides is 1. The van der Waals surface area contributed by atoms with Gasteiger partial charge >= 0.3 is 0 Å². The topological polar surface area (TPSA) is 117 Å². The molecule has 1 amide bonds. The van der Waals surface area contributed by atoms with Crippen LogP contribution in [0.4, 0.5) is 0 Å². The van der Waals surface area contributed by atoms with E-state index in [1.807, 2.05) is 7.05 Å². The third-order valence-electron chi connectivity index (χ3n) is 4.93. The third kappa shape index (κ3) is 4.27. The molecule has 0 saturated heterocycles. The molecule has 1 atom stereocenters. The highest BCUT2D eigenvalue weighted by molar-refractivity contribution is 5.92. The second-order valence-corrected chi connectivity index (χ2v) is 7.55. The molecule has 3 rings (SSSR count). The summed E-state index contributed by atoms with van der Waals surface area (Å²) in [4.78, 5) is 17.0. The summed E-state index contributed by atoms with van der Waals surface area (Å²) in [6.45, 7) is 4.22. The van der Waals surface area contributed by atoms with Crippen LogP contribution in [-0.4, -0.2) is 41.7 Å². The number of hydrogen-bond donors (Lipinski definition) is 2. The van der Waals surface area contributed by atoms with E-state index in [-0.39, 0.29) is 24.0 Å². The zero-order valence-electron chi connectivity index (χ0n) is 15.7. The fraction of sp³-hybridized carbons (Fsp3) is 0.706. The number of nitrogens with one attached hydrogen (secondary N) is 1. The van der Waals surface area contributed by atoms with E-state index >= 15 is 0 Å². The van der Waals surface area contributed by atoms with E-state index in [4.69, 9.17) is 5.73 Å². The number of nitrogens with zero attached hydrogens (tertiary/aromatic N) is 6. The van der Waals surface area contributed by atoms with Gasteiger partial charge in [-0.3, -0.25) is 9.48 Å². The molecule has 9 heteroatoms. The van der Waals surface area contributed by atoms with Crippen molar-refractivity contribution in [1.29, 1.82) is 0 Å². The Balaban J connectivity index is 1.69. The Morgan fingerprint density at radius 2 is 2.08 bits per heavy atom. The molecule has 3 N–H and O–H groups in total. The number of hydrogen-bond acceptors (Lipinski definition) is 6. The molecule has 1 fully saturated rings. The summed E-state index contributed by atoms with van der Waals surface area (Å²) in [5, 5.41) is 15.4. The molecule has 0 bridgehead atoms. The lowest BCUT2D eigenvalue weighted by molar-refractivity contribution is 0.0924. The first-order chi connectivity index (χ1) is 12.4. The molecule has 0 aromatic carbocycles. The maximum absolute atomic E-state index is 12.7. The first-order valence-electron chi connectivity index (χ1n) is 9.26. The maximum atomic E-state index is 12.7. The average Bonchev–Trinajstić information content (AvgIpc) is 3.23. The Bertz CT molecular complexity index is 729. The van der Waals surface area contributed by atoms with E-state index in [1.54, 1.807) is 15.6 Å². The minimum Gasteiger partial charge on any atom is -0.341 e. The van der Waals surface area contributed by atoms with Crippen LogP contribution in [0.1, 0.15) is 74.3 Å². The van der Waals surface area contributed by atoms with Crippen LogP contribution >= 0.6 is 0 Å². The van der Waals surface area contributed by atoms with Gasteiger partial charge in [-0.1, -0.05) is 19.1 Å². The second kappa shape index (κ2) is 7.94. The van der Waals surface area contributed by atoms with Crippen LogP contribution in [0.2, 0.25) is 0 Å². The minimum absolute atomic E-state index is 0.215. The molecule has 0 radical (unpaired) electrons. The van der Waals surface area contributed by atoms with E-state index in [0.29, 0.717) is 11.6 Å². The lowest BCUT2D eigenvalue weighted by Gasteiger charge is -2.25. The average molecular weight is 360 g/mol. The van der Waals surface area contributed by atoms with Gasteiger partial charge < -0.3 is 11.1 Å². The van der Waals surface area contributed by atoms with Crippen molar-refractivity contribution in [3.05, 3.63) is 24.0 Å². The van der Waals surface area contributed by atoms with Gasteiger partial charge in [0.1, 0.15) is 12.2 Å². The molecule has 0 unspecified atom stereocenters. The van der Waals surface area contributed by atoms with Crippen LogP contribution in [0.3, 0.4) is 0 Å². The van der Waals surface area contributed by atoms with Gasteiger partial charge in [-0.2, -0.15) is 5.10 Å². The van der Waals surface area contributed by atoms with E-state index in [9.17, 15) is 4.79 Å². The van der Waals surface area contributed by atoms with Crippen molar-refractivity contribution in [1.82, 2.24) is 35.1 Å². The summed E-state index contributed by atoms with van der Waals surface area (Å²) >= 11 is 0. The second-order valence-electron chi connectivity index (χ2n) is 7.55. The first kappa shape index (κ1) is 18.5. The summed E-state index contributed by atoms with van der Waals surface area (Å²) < 4.78 is 3.50. The quantitative estimate of drug-likeness (QED) is 0.803. The summed E-state index contributed by atoms with van der Waals surface area (Å²) in [7, 11) is 1.83. The minimum atomic E-state index is -0.239. The number of nitrogens with two attached hydrogens (primary N) is 1. The predicted octanol–water partition coefficient (Wildman–Crippen LogP) is 1.37. The molecule has 2 heterocycles. The molecular weight excluding hydrogens is 332 g/mol. The third-order valence-corrected chi connectivity index (χ3v) is 4.93. The summed E-state index contributed by atoms with van der Waals surface area (Å²) in [6.07, 6.45) is 7.91. The van der Waals surface area contributed by atoms with Gasteiger partial charge in [-0.15, -0.1) is 5.10 Å².